The summed E-state index contributed by atoms with van der Waals surface area (Å²) < 4.78 is 21.3. The van der Waals surface area contributed by atoms with Crippen LogP contribution in [0.15, 0.2) is 48.2 Å². The Kier molecular flexibility index (Phi) is 8.73. The number of ketones is 1. The van der Waals surface area contributed by atoms with E-state index in [1.165, 1.54) is 6.07 Å². The molecular formula is C24H29ClFN3O3S. The number of Topliss-reactive ketones (excluding diaryl/α,β-unsaturated/α-hetero) is 1. The number of halogens is 2. The van der Waals surface area contributed by atoms with E-state index in [0.29, 0.717) is 31.8 Å². The molecule has 1 aromatic heterocycles. The highest BCUT2D eigenvalue weighted by Crippen LogP contribution is 2.39. The summed E-state index contributed by atoms with van der Waals surface area (Å²) in [7, 11) is 0. The van der Waals surface area contributed by atoms with E-state index in [1.54, 1.807) is 42.1 Å². The summed E-state index contributed by atoms with van der Waals surface area (Å²) in [6, 6.07) is 7.63. The van der Waals surface area contributed by atoms with Crippen LogP contribution in [-0.2, 0) is 16.1 Å². The number of esters is 1. The second-order valence-electron chi connectivity index (χ2n) is 8.30. The first kappa shape index (κ1) is 25.5. The van der Waals surface area contributed by atoms with E-state index < -0.39 is 12.0 Å². The minimum absolute atomic E-state index is 0. The Morgan fingerprint density at radius 3 is 2.73 bits per heavy atom. The Morgan fingerprint density at radius 1 is 1.27 bits per heavy atom. The van der Waals surface area contributed by atoms with Crippen molar-refractivity contribution >= 4 is 36.8 Å². The average molecular weight is 494 g/mol. The highest BCUT2D eigenvalue weighted by Gasteiger charge is 2.40. The Labute approximate surface area is 205 Å². The lowest BCUT2D eigenvalue weighted by Gasteiger charge is -2.37. The Balaban J connectivity index is 0.00000306. The predicted molar refractivity (Wildman–Crippen MR) is 129 cm³/mol. The summed E-state index contributed by atoms with van der Waals surface area (Å²) in [4.78, 5) is 27.0. The minimum atomic E-state index is -0.576. The van der Waals surface area contributed by atoms with Crippen molar-refractivity contribution in [3.8, 4) is 0 Å². The molecule has 1 aliphatic carbocycles. The normalized spacial score (nSPS) is 20.8. The van der Waals surface area contributed by atoms with Crippen LogP contribution in [0.2, 0.25) is 0 Å². The van der Waals surface area contributed by atoms with Gasteiger partial charge in [0.1, 0.15) is 5.82 Å². The zero-order chi connectivity index (χ0) is 22.7. The average Bonchev–Trinajstić information content (AvgIpc) is 3.53. The number of rotatable bonds is 8. The minimum Gasteiger partial charge on any atom is -0.461 e. The number of benzene rings is 1. The van der Waals surface area contributed by atoms with Crippen molar-refractivity contribution in [1.82, 2.24) is 14.7 Å². The molecule has 0 amide bonds. The second kappa shape index (κ2) is 11.3. The first-order valence-corrected chi connectivity index (χ1v) is 11.6. The quantitative estimate of drug-likeness (QED) is 0.338. The van der Waals surface area contributed by atoms with Crippen molar-refractivity contribution in [2.45, 2.75) is 44.0 Å². The Bertz CT molecular complexity index is 1020. The standard InChI is InChI=1S/C24H28FN3O3S.ClH/c1-2-31-24(30)20-10-14-28(26-20)13-9-17-15-27(12-11-21(17)32)22(23(29)16-7-8-16)18-5-3-4-6-19(18)25;/h3-6,9-10,14,16,21-22,32H,2,7-8,11-13,15H2,1H3;1H/b17-9+;. The third-order valence-electron chi connectivity index (χ3n) is 5.98. The molecule has 2 aliphatic rings. The molecule has 1 aliphatic heterocycles. The van der Waals surface area contributed by atoms with E-state index in [-0.39, 0.29) is 40.9 Å². The van der Waals surface area contributed by atoms with Crippen LogP contribution >= 0.6 is 25.0 Å². The summed E-state index contributed by atoms with van der Waals surface area (Å²) in [5.41, 5.74) is 1.79. The van der Waals surface area contributed by atoms with Crippen LogP contribution in [0.4, 0.5) is 4.39 Å². The van der Waals surface area contributed by atoms with Crippen LogP contribution in [0.5, 0.6) is 0 Å². The maximum atomic E-state index is 14.6. The van der Waals surface area contributed by atoms with E-state index in [9.17, 15) is 14.0 Å². The fourth-order valence-corrected chi connectivity index (χ4v) is 4.42. The summed E-state index contributed by atoms with van der Waals surface area (Å²) in [5.74, 6) is -0.640. The number of piperidine rings is 1. The van der Waals surface area contributed by atoms with Crippen molar-refractivity contribution < 1.29 is 18.7 Å². The maximum Gasteiger partial charge on any atom is 0.358 e. The molecule has 2 fully saturated rings. The lowest BCUT2D eigenvalue weighted by molar-refractivity contribution is -0.126. The number of nitrogens with zero attached hydrogens (tertiary/aromatic N) is 3. The van der Waals surface area contributed by atoms with Gasteiger partial charge in [0.05, 0.1) is 19.2 Å². The number of carbonyl (C=O) groups is 2. The molecule has 178 valence electrons. The van der Waals surface area contributed by atoms with Gasteiger partial charge < -0.3 is 4.74 Å². The number of carbonyl (C=O) groups excluding carboxylic acids is 2. The highest BCUT2D eigenvalue weighted by atomic mass is 35.5. The molecule has 1 aromatic carbocycles. The molecule has 2 heterocycles. The van der Waals surface area contributed by atoms with E-state index >= 15 is 0 Å². The fraction of sp³-hybridized carbons (Fsp3) is 0.458. The zero-order valence-corrected chi connectivity index (χ0v) is 20.2. The summed E-state index contributed by atoms with van der Waals surface area (Å²) in [6.07, 6.45) is 6.31. The molecule has 4 rings (SSSR count). The van der Waals surface area contributed by atoms with Crippen molar-refractivity contribution in [3.63, 3.8) is 0 Å². The summed E-state index contributed by atoms with van der Waals surface area (Å²) in [5, 5.41) is 4.33. The molecule has 2 atom stereocenters. The second-order valence-corrected chi connectivity index (χ2v) is 8.92. The van der Waals surface area contributed by atoms with Gasteiger partial charge in [-0.25, -0.2) is 9.18 Å². The van der Waals surface area contributed by atoms with Crippen molar-refractivity contribution in [2.75, 3.05) is 19.7 Å². The first-order valence-electron chi connectivity index (χ1n) is 11.1. The highest BCUT2D eigenvalue weighted by molar-refractivity contribution is 7.81. The largest absolute Gasteiger partial charge is 0.461 e. The Hall–Kier alpha value is -2.16. The van der Waals surface area contributed by atoms with Gasteiger partial charge in [-0.3, -0.25) is 14.4 Å². The molecular weight excluding hydrogens is 465 g/mol. The van der Waals surface area contributed by atoms with Gasteiger partial charge in [-0.15, -0.1) is 12.4 Å². The monoisotopic (exact) mass is 493 g/mol. The van der Waals surface area contributed by atoms with E-state index in [0.717, 1.165) is 24.8 Å². The SMILES string of the molecule is CCOC(=O)c1ccn(C/C=C2\CN(C(C(=O)C3CC3)c3ccccc3F)CCC2S)n1.Cl. The number of aromatic nitrogens is 2. The molecule has 1 saturated carbocycles. The van der Waals surface area contributed by atoms with E-state index in [1.807, 2.05) is 6.08 Å². The van der Waals surface area contributed by atoms with Crippen LogP contribution in [0, 0.1) is 11.7 Å². The molecule has 2 aromatic rings. The third kappa shape index (κ3) is 6.05. The van der Waals surface area contributed by atoms with Gasteiger partial charge in [0, 0.05) is 36.0 Å². The molecule has 1 saturated heterocycles. The number of hydrogen-bond acceptors (Lipinski definition) is 6. The molecule has 2 unspecified atom stereocenters. The van der Waals surface area contributed by atoms with Crippen LogP contribution < -0.4 is 0 Å². The van der Waals surface area contributed by atoms with Gasteiger partial charge in [0.2, 0.25) is 0 Å². The Morgan fingerprint density at radius 2 is 2.03 bits per heavy atom. The molecule has 33 heavy (non-hydrogen) atoms. The number of allylic oxidation sites excluding steroid dienone is 1. The molecule has 9 heteroatoms. The smallest absolute Gasteiger partial charge is 0.358 e. The first-order chi connectivity index (χ1) is 15.5. The third-order valence-corrected chi connectivity index (χ3v) is 6.57. The lowest BCUT2D eigenvalue weighted by Crippen LogP contribution is -2.42. The van der Waals surface area contributed by atoms with Gasteiger partial charge in [-0.05, 0) is 43.9 Å². The van der Waals surface area contributed by atoms with Gasteiger partial charge in [0.15, 0.2) is 11.5 Å². The number of likely N-dealkylation sites (tertiary alicyclic amines) is 1. The molecule has 6 nitrogen and oxygen atoms in total. The van der Waals surface area contributed by atoms with Crippen molar-refractivity contribution in [3.05, 3.63) is 65.3 Å². The van der Waals surface area contributed by atoms with Crippen molar-refractivity contribution in [2.24, 2.45) is 5.92 Å². The van der Waals surface area contributed by atoms with Gasteiger partial charge in [0.25, 0.3) is 0 Å². The van der Waals surface area contributed by atoms with E-state index in [2.05, 4.69) is 10.00 Å². The molecule has 0 N–H and O–H groups in total. The summed E-state index contributed by atoms with van der Waals surface area (Å²) >= 11 is 4.73. The summed E-state index contributed by atoms with van der Waals surface area (Å²) in [6.45, 7) is 3.75. The van der Waals surface area contributed by atoms with Gasteiger partial charge >= 0.3 is 5.97 Å². The maximum absolute atomic E-state index is 14.6. The number of thiol groups is 1. The fourth-order valence-electron chi connectivity index (χ4n) is 4.12. The predicted octanol–water partition coefficient (Wildman–Crippen LogP) is 4.27. The van der Waals surface area contributed by atoms with Crippen LogP contribution in [0.25, 0.3) is 0 Å². The van der Waals surface area contributed by atoms with Crippen LogP contribution in [-0.4, -0.2) is 51.4 Å². The van der Waals surface area contributed by atoms with Gasteiger partial charge in [-0.1, -0.05) is 24.3 Å². The lowest BCUT2D eigenvalue weighted by atomic mass is 9.93. The number of hydrogen-bond donors (Lipinski definition) is 1. The number of ether oxygens (including phenoxy) is 1. The topological polar surface area (TPSA) is 64.4 Å². The van der Waals surface area contributed by atoms with Crippen LogP contribution in [0.3, 0.4) is 0 Å². The van der Waals surface area contributed by atoms with Crippen LogP contribution in [0.1, 0.15) is 48.3 Å². The molecule has 0 spiro atoms. The zero-order valence-electron chi connectivity index (χ0n) is 18.5. The van der Waals surface area contributed by atoms with Crippen molar-refractivity contribution in [1.29, 1.82) is 0 Å². The molecule has 0 radical (unpaired) electrons. The molecule has 0 bridgehead atoms. The van der Waals surface area contributed by atoms with Gasteiger partial charge in [-0.2, -0.15) is 17.7 Å². The van der Waals surface area contributed by atoms with E-state index in [4.69, 9.17) is 17.4 Å².